The minimum atomic E-state index is -0.0994. The van der Waals surface area contributed by atoms with Gasteiger partial charge in [0.15, 0.2) is 0 Å². The molecule has 0 spiro atoms. The Morgan fingerprint density at radius 2 is 2.18 bits per heavy atom. The normalized spacial score (nSPS) is 12.0. The van der Waals surface area contributed by atoms with Gasteiger partial charge in [0.2, 0.25) is 0 Å². The highest BCUT2D eigenvalue weighted by molar-refractivity contribution is 5.12. The molecule has 1 aromatic heterocycles. The molecule has 0 aromatic carbocycles. The highest BCUT2D eigenvalue weighted by Gasteiger charge is 2.21. The Balaban J connectivity index is 2.92. The third-order valence-corrected chi connectivity index (χ3v) is 1.89. The monoisotopic (exact) mass is 154 g/mol. The van der Waals surface area contributed by atoms with E-state index in [0.717, 1.165) is 11.5 Å². The van der Waals surface area contributed by atoms with E-state index in [9.17, 15) is 0 Å². The zero-order valence-electron chi connectivity index (χ0n) is 7.43. The lowest BCUT2D eigenvalue weighted by Gasteiger charge is -2.19. The van der Waals surface area contributed by atoms with E-state index in [1.807, 2.05) is 20.0 Å². The van der Waals surface area contributed by atoms with Crippen molar-refractivity contribution in [1.82, 2.24) is 10.5 Å². The molecule has 1 aromatic rings. The van der Waals surface area contributed by atoms with Crippen LogP contribution in [0.4, 0.5) is 0 Å². The summed E-state index contributed by atoms with van der Waals surface area (Å²) in [5.74, 6) is 0.850. The van der Waals surface area contributed by atoms with E-state index in [1.54, 1.807) is 0 Å². The van der Waals surface area contributed by atoms with E-state index in [2.05, 4.69) is 24.3 Å². The van der Waals surface area contributed by atoms with Crippen LogP contribution in [-0.2, 0) is 5.54 Å². The summed E-state index contributed by atoms with van der Waals surface area (Å²) in [5.41, 5.74) is 0.843. The number of hydrogen-bond acceptors (Lipinski definition) is 3. The van der Waals surface area contributed by atoms with E-state index in [-0.39, 0.29) is 5.54 Å². The van der Waals surface area contributed by atoms with Crippen molar-refractivity contribution in [3.05, 3.63) is 17.5 Å². The second-order valence-corrected chi connectivity index (χ2v) is 3.20. The second kappa shape index (κ2) is 2.66. The molecule has 1 heterocycles. The SMILES string of the molecule is CNC(C)(C)c1cc(C)on1. The standard InChI is InChI=1S/C8H14N2O/c1-6-5-7(10-11-6)8(2,3)9-4/h5,9H,1-4H3. The Hall–Kier alpha value is -0.830. The van der Waals surface area contributed by atoms with Crippen LogP contribution in [0.1, 0.15) is 25.3 Å². The Kier molecular flexibility index (Phi) is 2.00. The Morgan fingerprint density at radius 1 is 1.55 bits per heavy atom. The molecule has 0 bridgehead atoms. The van der Waals surface area contributed by atoms with Gasteiger partial charge < -0.3 is 9.84 Å². The molecule has 11 heavy (non-hydrogen) atoms. The summed E-state index contributed by atoms with van der Waals surface area (Å²) in [7, 11) is 1.91. The molecule has 0 unspecified atom stereocenters. The maximum absolute atomic E-state index is 4.96. The van der Waals surface area contributed by atoms with E-state index >= 15 is 0 Å². The molecule has 0 aliphatic carbocycles. The highest BCUT2D eigenvalue weighted by Crippen LogP contribution is 2.18. The van der Waals surface area contributed by atoms with Crippen molar-refractivity contribution in [2.24, 2.45) is 0 Å². The van der Waals surface area contributed by atoms with E-state index < -0.39 is 0 Å². The zero-order chi connectivity index (χ0) is 8.48. The second-order valence-electron chi connectivity index (χ2n) is 3.20. The first-order chi connectivity index (χ1) is 5.06. The van der Waals surface area contributed by atoms with E-state index in [1.165, 1.54) is 0 Å². The lowest BCUT2D eigenvalue weighted by atomic mass is 10.0. The molecule has 0 atom stereocenters. The predicted molar refractivity (Wildman–Crippen MR) is 43.3 cm³/mol. The maximum atomic E-state index is 4.96. The minimum Gasteiger partial charge on any atom is -0.361 e. The van der Waals surface area contributed by atoms with Gasteiger partial charge >= 0.3 is 0 Å². The number of nitrogens with one attached hydrogen (secondary N) is 1. The Labute approximate surface area is 66.8 Å². The van der Waals surface area contributed by atoms with Crippen LogP contribution >= 0.6 is 0 Å². The van der Waals surface area contributed by atoms with Crippen molar-refractivity contribution >= 4 is 0 Å². The number of nitrogens with zero attached hydrogens (tertiary/aromatic N) is 1. The van der Waals surface area contributed by atoms with Gasteiger partial charge in [0.25, 0.3) is 0 Å². The summed E-state index contributed by atoms with van der Waals surface area (Å²) < 4.78 is 4.96. The molecule has 0 fully saturated rings. The van der Waals surface area contributed by atoms with Gasteiger partial charge in [0.1, 0.15) is 11.5 Å². The Morgan fingerprint density at radius 3 is 2.55 bits per heavy atom. The maximum Gasteiger partial charge on any atom is 0.134 e. The van der Waals surface area contributed by atoms with Crippen molar-refractivity contribution in [3.63, 3.8) is 0 Å². The summed E-state index contributed by atoms with van der Waals surface area (Å²) in [5, 5.41) is 7.07. The summed E-state index contributed by atoms with van der Waals surface area (Å²) in [6.45, 7) is 6.01. The van der Waals surface area contributed by atoms with Crippen molar-refractivity contribution in [2.75, 3.05) is 7.05 Å². The molecule has 0 aliphatic heterocycles. The van der Waals surface area contributed by atoms with Crippen LogP contribution in [0.15, 0.2) is 10.6 Å². The van der Waals surface area contributed by atoms with Crippen LogP contribution in [0.5, 0.6) is 0 Å². The Bertz CT molecular complexity index is 240. The molecular formula is C8H14N2O. The van der Waals surface area contributed by atoms with E-state index in [0.29, 0.717) is 0 Å². The molecule has 62 valence electrons. The molecule has 1 rings (SSSR count). The van der Waals surface area contributed by atoms with Crippen molar-refractivity contribution in [1.29, 1.82) is 0 Å². The first-order valence-electron chi connectivity index (χ1n) is 3.69. The largest absolute Gasteiger partial charge is 0.361 e. The molecule has 0 aliphatic rings. The molecule has 0 saturated carbocycles. The molecular weight excluding hydrogens is 140 g/mol. The van der Waals surface area contributed by atoms with Crippen LogP contribution in [0.2, 0.25) is 0 Å². The number of aryl methyl sites for hydroxylation is 1. The van der Waals surface area contributed by atoms with Gasteiger partial charge in [-0.15, -0.1) is 0 Å². The van der Waals surface area contributed by atoms with Gasteiger partial charge in [-0.05, 0) is 27.8 Å². The smallest absolute Gasteiger partial charge is 0.134 e. The molecule has 3 heteroatoms. The predicted octanol–water partition coefficient (Wildman–Crippen LogP) is 1.44. The van der Waals surface area contributed by atoms with Crippen molar-refractivity contribution in [3.8, 4) is 0 Å². The average Bonchev–Trinajstić information content (AvgIpc) is 2.36. The molecule has 0 radical (unpaired) electrons. The fourth-order valence-corrected chi connectivity index (χ4v) is 0.789. The van der Waals surface area contributed by atoms with Gasteiger partial charge in [-0.25, -0.2) is 0 Å². The highest BCUT2D eigenvalue weighted by atomic mass is 16.5. The van der Waals surface area contributed by atoms with Crippen LogP contribution in [0.3, 0.4) is 0 Å². The van der Waals surface area contributed by atoms with Gasteiger partial charge in [-0.1, -0.05) is 5.16 Å². The molecule has 3 nitrogen and oxygen atoms in total. The summed E-state index contributed by atoms with van der Waals surface area (Å²) in [6.07, 6.45) is 0. The zero-order valence-corrected chi connectivity index (χ0v) is 7.43. The van der Waals surface area contributed by atoms with E-state index in [4.69, 9.17) is 4.52 Å². The number of hydrogen-bond donors (Lipinski definition) is 1. The third kappa shape index (κ3) is 1.60. The lowest BCUT2D eigenvalue weighted by Crippen LogP contribution is -2.33. The fraction of sp³-hybridized carbons (Fsp3) is 0.625. The summed E-state index contributed by atoms with van der Waals surface area (Å²) >= 11 is 0. The van der Waals surface area contributed by atoms with Gasteiger partial charge in [-0.2, -0.15) is 0 Å². The first-order valence-corrected chi connectivity index (χ1v) is 3.69. The average molecular weight is 154 g/mol. The summed E-state index contributed by atoms with van der Waals surface area (Å²) in [6, 6.07) is 1.94. The fourth-order valence-electron chi connectivity index (χ4n) is 0.789. The number of rotatable bonds is 2. The van der Waals surface area contributed by atoms with Crippen LogP contribution in [0, 0.1) is 6.92 Å². The lowest BCUT2D eigenvalue weighted by molar-refractivity contribution is 0.352. The van der Waals surface area contributed by atoms with Crippen molar-refractivity contribution < 1.29 is 4.52 Å². The quantitative estimate of drug-likeness (QED) is 0.700. The molecule has 0 saturated heterocycles. The molecule has 1 N–H and O–H groups in total. The minimum absolute atomic E-state index is 0.0994. The molecule has 0 amide bonds. The van der Waals surface area contributed by atoms with Gasteiger partial charge in [-0.3, -0.25) is 0 Å². The van der Waals surface area contributed by atoms with Gasteiger partial charge in [0, 0.05) is 6.07 Å². The van der Waals surface area contributed by atoms with Crippen LogP contribution in [0.25, 0.3) is 0 Å². The van der Waals surface area contributed by atoms with Gasteiger partial charge in [0.05, 0.1) is 5.54 Å². The summed E-state index contributed by atoms with van der Waals surface area (Å²) in [4.78, 5) is 0. The topological polar surface area (TPSA) is 38.1 Å². The van der Waals surface area contributed by atoms with Crippen LogP contribution < -0.4 is 5.32 Å². The third-order valence-electron chi connectivity index (χ3n) is 1.89. The van der Waals surface area contributed by atoms with Crippen molar-refractivity contribution in [2.45, 2.75) is 26.3 Å². The number of aromatic nitrogens is 1. The van der Waals surface area contributed by atoms with Crippen LogP contribution in [-0.4, -0.2) is 12.2 Å². The first kappa shape index (κ1) is 8.27.